The number of aromatic nitrogens is 3. The highest BCUT2D eigenvalue weighted by Gasteiger charge is 2.12. The van der Waals surface area contributed by atoms with Crippen molar-refractivity contribution in [1.82, 2.24) is 25.2 Å². The van der Waals surface area contributed by atoms with Crippen molar-refractivity contribution >= 4 is 17.0 Å². The smallest absolute Gasteiger partial charge is 0.354 e. The summed E-state index contributed by atoms with van der Waals surface area (Å²) >= 11 is 0. The van der Waals surface area contributed by atoms with Crippen LogP contribution in [-0.4, -0.2) is 33.6 Å². The maximum absolute atomic E-state index is 12.6. The molecule has 1 atom stereocenters. The van der Waals surface area contributed by atoms with Crippen molar-refractivity contribution in [2.24, 2.45) is 5.73 Å². The molecule has 3 aromatic rings. The molecule has 0 spiro atoms. The molecule has 0 saturated heterocycles. The van der Waals surface area contributed by atoms with Crippen LogP contribution in [0.4, 0.5) is 0 Å². The number of benzene rings is 1. The Hall–Kier alpha value is -3.13. The van der Waals surface area contributed by atoms with Crippen molar-refractivity contribution in [1.29, 1.82) is 5.41 Å². The van der Waals surface area contributed by atoms with E-state index in [0.29, 0.717) is 18.1 Å². The van der Waals surface area contributed by atoms with Crippen LogP contribution in [-0.2, 0) is 0 Å². The molecule has 0 aliphatic rings. The Bertz CT molecular complexity index is 1070. The number of hydrogen-bond donors (Lipinski definition) is 5. The Morgan fingerprint density at radius 1 is 1.26 bits per heavy atom. The molecule has 0 unspecified atom stereocenters. The van der Waals surface area contributed by atoms with Crippen LogP contribution in [0.25, 0.3) is 16.7 Å². The molecule has 0 amide bonds. The van der Waals surface area contributed by atoms with Gasteiger partial charge in [-0.1, -0.05) is 39.3 Å². The van der Waals surface area contributed by atoms with Crippen LogP contribution in [0.15, 0.2) is 41.3 Å². The molecule has 0 aliphatic heterocycles. The summed E-state index contributed by atoms with van der Waals surface area (Å²) in [6, 6.07) is 10.4. The van der Waals surface area contributed by atoms with E-state index in [2.05, 4.69) is 59.6 Å². The summed E-state index contributed by atoms with van der Waals surface area (Å²) in [4.78, 5) is 20.0. The maximum Gasteiger partial charge on any atom is 0.354 e. The maximum atomic E-state index is 12.6. The van der Waals surface area contributed by atoms with Crippen LogP contribution in [0, 0.1) is 5.41 Å². The third-order valence-electron chi connectivity index (χ3n) is 5.36. The van der Waals surface area contributed by atoms with Crippen LogP contribution in [0.2, 0.25) is 0 Å². The third kappa shape index (κ3) is 5.73. The molecular weight excluding hydrogens is 390 g/mol. The highest BCUT2D eigenvalue weighted by molar-refractivity contribution is 5.76. The van der Waals surface area contributed by atoms with Crippen LogP contribution in [0.5, 0.6) is 0 Å². The van der Waals surface area contributed by atoms with E-state index in [1.54, 1.807) is 4.57 Å². The van der Waals surface area contributed by atoms with Gasteiger partial charge >= 0.3 is 5.69 Å². The standard InChI is InChI=1S/C23H33N7O/c1-4-6-19(26-11-5-12-27-22(24)25)16-7-9-18(10-8-16)30-14-17-13-20(15(2)3)28-21(17)29-23(30)31/h7-10,13-15,19,26H,4-6,11-12H2,1-3H3,(H4,24,25,27)(H,28,29,31)/t19-/m0/s1. The van der Waals surface area contributed by atoms with Crippen LogP contribution in [0.1, 0.15) is 63.3 Å². The monoisotopic (exact) mass is 423 g/mol. The van der Waals surface area contributed by atoms with Gasteiger partial charge in [-0.15, -0.1) is 0 Å². The highest BCUT2D eigenvalue weighted by Crippen LogP contribution is 2.22. The molecule has 166 valence electrons. The van der Waals surface area contributed by atoms with E-state index in [9.17, 15) is 4.79 Å². The molecule has 31 heavy (non-hydrogen) atoms. The van der Waals surface area contributed by atoms with E-state index in [0.717, 1.165) is 42.6 Å². The Balaban J connectivity index is 1.75. The number of H-pyrrole nitrogens is 1. The average Bonchev–Trinajstić information content (AvgIpc) is 3.15. The Morgan fingerprint density at radius 3 is 2.65 bits per heavy atom. The minimum atomic E-state index is -0.293. The molecule has 8 nitrogen and oxygen atoms in total. The van der Waals surface area contributed by atoms with E-state index < -0.39 is 0 Å². The van der Waals surface area contributed by atoms with Crippen LogP contribution < -0.4 is 22.1 Å². The second kappa shape index (κ2) is 10.3. The quantitative estimate of drug-likeness (QED) is 0.195. The second-order valence-electron chi connectivity index (χ2n) is 8.16. The van der Waals surface area contributed by atoms with Gasteiger partial charge in [0, 0.05) is 29.9 Å². The highest BCUT2D eigenvalue weighted by atomic mass is 16.1. The lowest BCUT2D eigenvalue weighted by Gasteiger charge is -2.19. The Labute approximate surface area is 182 Å². The van der Waals surface area contributed by atoms with Gasteiger partial charge in [-0.2, -0.15) is 4.98 Å². The molecule has 1 aromatic carbocycles. The number of nitrogens with two attached hydrogens (primary N) is 1. The summed E-state index contributed by atoms with van der Waals surface area (Å²) in [6.45, 7) is 7.89. The van der Waals surface area contributed by atoms with Crippen molar-refractivity contribution < 1.29 is 0 Å². The molecule has 0 saturated carbocycles. The second-order valence-corrected chi connectivity index (χ2v) is 8.16. The zero-order valence-corrected chi connectivity index (χ0v) is 18.5. The zero-order chi connectivity index (χ0) is 22.4. The SMILES string of the molecule is CCC[C@H](NCCCNC(=N)N)c1ccc(-n2cc3cc(C(C)C)[nH]c3nc2=O)cc1. The summed E-state index contributed by atoms with van der Waals surface area (Å²) in [6.07, 6.45) is 4.82. The van der Waals surface area contributed by atoms with Gasteiger partial charge in [0.25, 0.3) is 0 Å². The van der Waals surface area contributed by atoms with Crippen molar-refractivity contribution in [3.05, 3.63) is 58.3 Å². The van der Waals surface area contributed by atoms with Gasteiger partial charge in [0.05, 0.1) is 5.69 Å². The minimum Gasteiger partial charge on any atom is -0.370 e. The third-order valence-corrected chi connectivity index (χ3v) is 5.36. The van der Waals surface area contributed by atoms with Gasteiger partial charge in [-0.05, 0) is 49.1 Å². The van der Waals surface area contributed by atoms with Crippen LogP contribution >= 0.6 is 0 Å². The van der Waals surface area contributed by atoms with E-state index in [1.807, 2.05) is 18.3 Å². The molecule has 2 aromatic heterocycles. The van der Waals surface area contributed by atoms with Crippen molar-refractivity contribution in [2.45, 2.75) is 52.0 Å². The fourth-order valence-electron chi connectivity index (χ4n) is 3.64. The molecule has 3 rings (SSSR count). The topological polar surface area (TPSA) is 125 Å². The Kier molecular flexibility index (Phi) is 7.46. The number of hydrogen-bond acceptors (Lipinski definition) is 4. The molecule has 8 heteroatoms. The van der Waals surface area contributed by atoms with Crippen molar-refractivity contribution in [2.75, 3.05) is 13.1 Å². The molecule has 6 N–H and O–H groups in total. The molecule has 0 aliphatic carbocycles. The number of aromatic amines is 1. The van der Waals surface area contributed by atoms with Gasteiger partial charge in [0.1, 0.15) is 5.65 Å². The summed E-state index contributed by atoms with van der Waals surface area (Å²) < 4.78 is 1.60. The molecule has 2 heterocycles. The van der Waals surface area contributed by atoms with Gasteiger partial charge in [-0.3, -0.25) is 9.98 Å². The number of rotatable bonds is 10. The van der Waals surface area contributed by atoms with Crippen molar-refractivity contribution in [3.8, 4) is 5.69 Å². The normalized spacial score (nSPS) is 12.4. The van der Waals surface area contributed by atoms with Gasteiger partial charge < -0.3 is 21.4 Å². The number of nitrogens with one attached hydrogen (secondary N) is 4. The van der Waals surface area contributed by atoms with Gasteiger partial charge in [-0.25, -0.2) is 4.79 Å². The van der Waals surface area contributed by atoms with E-state index >= 15 is 0 Å². The first kappa shape index (κ1) is 22.6. The molecule has 0 fully saturated rings. The predicted molar refractivity (Wildman–Crippen MR) is 126 cm³/mol. The van der Waals surface area contributed by atoms with E-state index in [1.165, 1.54) is 5.56 Å². The Morgan fingerprint density at radius 2 is 2.00 bits per heavy atom. The van der Waals surface area contributed by atoms with Crippen molar-refractivity contribution in [3.63, 3.8) is 0 Å². The summed E-state index contributed by atoms with van der Waals surface area (Å²) in [5.74, 6) is 0.349. The predicted octanol–water partition coefficient (Wildman–Crippen LogP) is 3.14. The first-order chi connectivity index (χ1) is 14.9. The molecular formula is C23H33N7O. The van der Waals surface area contributed by atoms with E-state index in [-0.39, 0.29) is 17.7 Å². The lowest BCUT2D eigenvalue weighted by Crippen LogP contribution is -2.33. The number of fused-ring (bicyclic) bond motifs is 1. The molecule has 0 bridgehead atoms. The van der Waals surface area contributed by atoms with Crippen LogP contribution in [0.3, 0.4) is 0 Å². The average molecular weight is 424 g/mol. The number of nitrogens with zero attached hydrogens (tertiary/aromatic N) is 2. The fourth-order valence-corrected chi connectivity index (χ4v) is 3.64. The lowest BCUT2D eigenvalue weighted by molar-refractivity contribution is 0.486. The number of guanidine groups is 1. The van der Waals surface area contributed by atoms with Gasteiger partial charge in [0.15, 0.2) is 5.96 Å². The summed E-state index contributed by atoms with van der Waals surface area (Å²) in [5.41, 5.74) is 8.72. The first-order valence-electron chi connectivity index (χ1n) is 10.9. The van der Waals surface area contributed by atoms with Gasteiger partial charge in [0.2, 0.25) is 0 Å². The first-order valence-corrected chi connectivity index (χ1v) is 10.9. The molecule has 0 radical (unpaired) electrons. The summed E-state index contributed by atoms with van der Waals surface area (Å²) in [5, 5.41) is 14.5. The minimum absolute atomic E-state index is 0.00341. The summed E-state index contributed by atoms with van der Waals surface area (Å²) in [7, 11) is 0. The fraction of sp³-hybridized carbons (Fsp3) is 0.435. The lowest BCUT2D eigenvalue weighted by atomic mass is 10.0. The largest absolute Gasteiger partial charge is 0.370 e. The zero-order valence-electron chi connectivity index (χ0n) is 18.5. The van der Waals surface area contributed by atoms with E-state index in [4.69, 9.17) is 11.1 Å².